The Hall–Kier alpha value is -2.17. The Morgan fingerprint density at radius 2 is 1.65 bits per heavy atom. The number of nitrogens with zero attached hydrogens (tertiary/aromatic N) is 2. The van der Waals surface area contributed by atoms with Crippen molar-refractivity contribution in [3.05, 3.63) is 66.2 Å². The number of piperidine rings is 1. The van der Waals surface area contributed by atoms with Gasteiger partial charge in [0.05, 0.1) is 6.10 Å². The van der Waals surface area contributed by atoms with Crippen LogP contribution in [0.1, 0.15) is 37.9 Å². The first-order chi connectivity index (χ1) is 12.7. The fraction of sp³-hybridized carbons (Fsp3) is 0.409. The molecule has 0 radical (unpaired) electrons. The van der Waals surface area contributed by atoms with Crippen LogP contribution in [0.25, 0.3) is 0 Å². The zero-order valence-electron chi connectivity index (χ0n) is 15.4. The van der Waals surface area contributed by atoms with Crippen LogP contribution in [0.4, 0.5) is 5.69 Å². The second kappa shape index (κ2) is 8.97. The molecule has 4 nitrogen and oxygen atoms in total. The maximum atomic E-state index is 12.5. The summed E-state index contributed by atoms with van der Waals surface area (Å²) in [7, 11) is 0. The maximum Gasteiger partial charge on any atom is 0.226 e. The summed E-state index contributed by atoms with van der Waals surface area (Å²) in [5.74, 6) is 0.180. The second-order valence-corrected chi connectivity index (χ2v) is 6.91. The summed E-state index contributed by atoms with van der Waals surface area (Å²) in [6, 6.07) is 20.0. The van der Waals surface area contributed by atoms with Gasteiger partial charge in [-0.15, -0.1) is 0 Å². The number of carbonyl (C=O) groups is 1. The van der Waals surface area contributed by atoms with Gasteiger partial charge >= 0.3 is 0 Å². The van der Waals surface area contributed by atoms with Gasteiger partial charge in [-0.2, -0.15) is 0 Å². The van der Waals surface area contributed by atoms with Crippen molar-refractivity contribution in [2.24, 2.45) is 0 Å². The molecule has 0 aromatic heterocycles. The van der Waals surface area contributed by atoms with E-state index in [0.717, 1.165) is 37.2 Å². The van der Waals surface area contributed by atoms with Crippen molar-refractivity contribution in [1.29, 1.82) is 0 Å². The third kappa shape index (κ3) is 4.51. The first kappa shape index (κ1) is 18.6. The number of benzene rings is 2. The number of carbonyl (C=O) groups excluding carboxylic acids is 1. The van der Waals surface area contributed by atoms with E-state index in [4.69, 9.17) is 0 Å². The highest BCUT2D eigenvalue weighted by atomic mass is 16.3. The number of para-hydroxylation sites is 1. The summed E-state index contributed by atoms with van der Waals surface area (Å²) >= 11 is 0. The maximum absolute atomic E-state index is 12.5. The van der Waals surface area contributed by atoms with Gasteiger partial charge in [-0.05, 0) is 30.5 Å². The lowest BCUT2D eigenvalue weighted by Crippen LogP contribution is -2.48. The van der Waals surface area contributed by atoms with E-state index in [-0.39, 0.29) is 11.9 Å². The van der Waals surface area contributed by atoms with E-state index in [2.05, 4.69) is 4.90 Å². The quantitative estimate of drug-likeness (QED) is 0.863. The molecule has 1 atom stereocenters. The van der Waals surface area contributed by atoms with Crippen molar-refractivity contribution in [3.63, 3.8) is 0 Å². The van der Waals surface area contributed by atoms with E-state index >= 15 is 0 Å². The van der Waals surface area contributed by atoms with Gasteiger partial charge in [0.2, 0.25) is 5.91 Å². The van der Waals surface area contributed by atoms with Crippen molar-refractivity contribution in [2.75, 3.05) is 24.5 Å². The van der Waals surface area contributed by atoms with E-state index in [0.29, 0.717) is 13.0 Å². The average molecular weight is 352 g/mol. The predicted octanol–water partition coefficient (Wildman–Crippen LogP) is 3.63. The predicted molar refractivity (Wildman–Crippen MR) is 105 cm³/mol. The lowest BCUT2D eigenvalue weighted by molar-refractivity contribution is -0.119. The normalized spacial score (nSPS) is 17.0. The second-order valence-electron chi connectivity index (χ2n) is 6.91. The van der Waals surface area contributed by atoms with Crippen molar-refractivity contribution in [1.82, 2.24) is 4.90 Å². The van der Waals surface area contributed by atoms with E-state index in [9.17, 15) is 9.90 Å². The molecule has 3 rings (SSSR count). The molecule has 1 aliphatic rings. The van der Waals surface area contributed by atoms with Crippen LogP contribution < -0.4 is 4.90 Å². The van der Waals surface area contributed by atoms with Crippen molar-refractivity contribution >= 4 is 11.6 Å². The zero-order chi connectivity index (χ0) is 18.4. The number of amides is 1. The molecule has 1 saturated heterocycles. The van der Waals surface area contributed by atoms with Gasteiger partial charge in [0.25, 0.3) is 0 Å². The van der Waals surface area contributed by atoms with Gasteiger partial charge in [-0.3, -0.25) is 4.79 Å². The number of aliphatic hydroxyl groups is 1. The molecular formula is C22H28N2O2. The number of hydrogen-bond donors (Lipinski definition) is 1. The number of aliphatic hydroxyl groups excluding tert-OH is 1. The van der Waals surface area contributed by atoms with Crippen LogP contribution in [0.3, 0.4) is 0 Å². The van der Waals surface area contributed by atoms with E-state index < -0.39 is 6.10 Å². The minimum absolute atomic E-state index is 0.180. The summed E-state index contributed by atoms with van der Waals surface area (Å²) < 4.78 is 0. The van der Waals surface area contributed by atoms with Gasteiger partial charge in [0.15, 0.2) is 0 Å². The van der Waals surface area contributed by atoms with Crippen LogP contribution in [0.2, 0.25) is 0 Å². The number of β-amino-alcohol motifs (C(OH)–C–C–N with tert-alkyl or cyclic N) is 1. The first-order valence-corrected chi connectivity index (χ1v) is 9.51. The van der Waals surface area contributed by atoms with Crippen LogP contribution in [0.15, 0.2) is 60.7 Å². The molecule has 1 N–H and O–H groups in total. The van der Waals surface area contributed by atoms with Crippen molar-refractivity contribution in [3.8, 4) is 0 Å². The zero-order valence-corrected chi connectivity index (χ0v) is 15.4. The van der Waals surface area contributed by atoms with Crippen LogP contribution in [-0.2, 0) is 4.79 Å². The minimum Gasteiger partial charge on any atom is -0.387 e. The van der Waals surface area contributed by atoms with Gasteiger partial charge in [0.1, 0.15) is 0 Å². The van der Waals surface area contributed by atoms with Gasteiger partial charge < -0.3 is 14.9 Å². The minimum atomic E-state index is -0.463. The fourth-order valence-corrected chi connectivity index (χ4v) is 3.70. The Bertz CT molecular complexity index is 682. The summed E-state index contributed by atoms with van der Waals surface area (Å²) in [6.07, 6.45) is 1.92. The summed E-state index contributed by atoms with van der Waals surface area (Å²) in [4.78, 5) is 16.8. The Balaban J connectivity index is 1.60. The highest BCUT2D eigenvalue weighted by Crippen LogP contribution is 2.25. The van der Waals surface area contributed by atoms with Crippen molar-refractivity contribution in [2.45, 2.75) is 38.3 Å². The van der Waals surface area contributed by atoms with Crippen LogP contribution in [0.5, 0.6) is 0 Å². The Kier molecular flexibility index (Phi) is 6.42. The molecule has 2 aromatic rings. The van der Waals surface area contributed by atoms with E-state index in [1.54, 1.807) is 0 Å². The SMILES string of the molecule is CCC(=O)N(c1ccccc1)C1CCN(C[C@@H](O)c2ccccc2)CC1. The fourth-order valence-electron chi connectivity index (χ4n) is 3.70. The molecular weight excluding hydrogens is 324 g/mol. The molecule has 0 aliphatic carbocycles. The van der Waals surface area contributed by atoms with E-state index in [1.165, 1.54) is 0 Å². The van der Waals surface area contributed by atoms with Gasteiger partial charge in [-0.1, -0.05) is 55.5 Å². The molecule has 26 heavy (non-hydrogen) atoms. The lowest BCUT2D eigenvalue weighted by atomic mass is 10.0. The molecule has 0 unspecified atom stereocenters. The Morgan fingerprint density at radius 3 is 2.23 bits per heavy atom. The number of hydrogen-bond acceptors (Lipinski definition) is 3. The van der Waals surface area contributed by atoms with Gasteiger partial charge in [-0.25, -0.2) is 0 Å². The Labute approximate surface area is 156 Å². The molecule has 1 aliphatic heterocycles. The molecule has 1 heterocycles. The van der Waals surface area contributed by atoms with Crippen LogP contribution >= 0.6 is 0 Å². The number of anilines is 1. The van der Waals surface area contributed by atoms with Crippen molar-refractivity contribution < 1.29 is 9.90 Å². The molecule has 1 fully saturated rings. The first-order valence-electron chi connectivity index (χ1n) is 9.51. The highest BCUT2D eigenvalue weighted by molar-refractivity contribution is 5.93. The number of likely N-dealkylation sites (tertiary alicyclic amines) is 1. The average Bonchev–Trinajstić information content (AvgIpc) is 2.71. The molecule has 0 bridgehead atoms. The molecule has 0 spiro atoms. The molecule has 4 heteroatoms. The third-order valence-electron chi connectivity index (χ3n) is 5.14. The topological polar surface area (TPSA) is 43.8 Å². The summed E-state index contributed by atoms with van der Waals surface area (Å²) in [5, 5.41) is 10.4. The highest BCUT2D eigenvalue weighted by Gasteiger charge is 2.29. The molecule has 1 amide bonds. The Morgan fingerprint density at radius 1 is 1.08 bits per heavy atom. The third-order valence-corrected chi connectivity index (χ3v) is 5.14. The standard InChI is InChI=1S/C22H28N2O2/c1-2-22(26)24(19-11-7-4-8-12-19)20-13-15-23(16-14-20)17-21(25)18-9-5-3-6-10-18/h3-12,20-21,25H,2,13-17H2,1H3/t21-/m1/s1. The molecule has 2 aromatic carbocycles. The summed E-state index contributed by atoms with van der Waals surface area (Å²) in [5.41, 5.74) is 1.95. The molecule has 138 valence electrons. The van der Waals surface area contributed by atoms with Crippen LogP contribution in [-0.4, -0.2) is 41.6 Å². The molecule has 0 saturated carbocycles. The lowest BCUT2D eigenvalue weighted by Gasteiger charge is -2.39. The largest absolute Gasteiger partial charge is 0.387 e. The monoisotopic (exact) mass is 352 g/mol. The van der Waals surface area contributed by atoms with Gasteiger partial charge in [0, 0.05) is 37.8 Å². The number of rotatable bonds is 6. The smallest absolute Gasteiger partial charge is 0.226 e. The van der Waals surface area contributed by atoms with Crippen LogP contribution in [0, 0.1) is 0 Å². The summed E-state index contributed by atoms with van der Waals surface area (Å²) in [6.45, 7) is 4.36. The van der Waals surface area contributed by atoms with E-state index in [1.807, 2.05) is 72.5 Å².